The molecule has 0 saturated carbocycles. The smallest absolute Gasteiger partial charge is 0.325 e. The van der Waals surface area contributed by atoms with Crippen molar-refractivity contribution >= 4 is 11.8 Å². The number of β-amino-alcohol motifs (C(OH)–C–C–N with tert-alkyl or cyclic N) is 1. The zero-order valence-electron chi connectivity index (χ0n) is 9.20. The normalized spacial score (nSPS) is 15.2. The summed E-state index contributed by atoms with van der Waals surface area (Å²) in [6.45, 7) is 1.37. The van der Waals surface area contributed by atoms with Gasteiger partial charge in [-0.15, -0.1) is 0 Å². The van der Waals surface area contributed by atoms with Gasteiger partial charge < -0.3 is 10.0 Å². The predicted molar refractivity (Wildman–Crippen MR) is 60.4 cm³/mol. The van der Waals surface area contributed by atoms with E-state index < -0.39 is 0 Å². The highest BCUT2D eigenvalue weighted by atomic mass is 16.3. The second-order valence-electron chi connectivity index (χ2n) is 3.66. The summed E-state index contributed by atoms with van der Waals surface area (Å²) in [6, 6.07) is 5.01. The number of urea groups is 1. The van der Waals surface area contributed by atoms with Gasteiger partial charge in [-0.05, 0) is 12.1 Å². The molecule has 1 aromatic rings. The summed E-state index contributed by atoms with van der Waals surface area (Å²) in [5.41, 5.74) is 0.475. The Morgan fingerprint density at radius 2 is 2.35 bits per heavy atom. The topological polar surface area (TPSA) is 80.5 Å². The number of hydrogen-bond acceptors (Lipinski definition) is 4. The van der Waals surface area contributed by atoms with Crippen LogP contribution in [0.3, 0.4) is 0 Å². The molecule has 1 saturated heterocycles. The van der Waals surface area contributed by atoms with Crippen molar-refractivity contribution in [3.05, 3.63) is 23.9 Å². The molecule has 0 spiro atoms. The Kier molecular flexibility index (Phi) is 3.21. The van der Waals surface area contributed by atoms with E-state index in [-0.39, 0.29) is 12.6 Å². The Labute approximate surface area is 98.7 Å². The summed E-state index contributed by atoms with van der Waals surface area (Å²) < 4.78 is 0. The van der Waals surface area contributed by atoms with Crippen LogP contribution in [0.25, 0.3) is 0 Å². The monoisotopic (exact) mass is 232 g/mol. The van der Waals surface area contributed by atoms with Crippen molar-refractivity contribution in [3.8, 4) is 6.07 Å². The fraction of sp³-hybridized carbons (Fsp3) is 0.364. The minimum absolute atomic E-state index is 0.0504. The number of anilines is 1. The van der Waals surface area contributed by atoms with Gasteiger partial charge in [-0.1, -0.05) is 0 Å². The molecule has 2 rings (SSSR count). The summed E-state index contributed by atoms with van der Waals surface area (Å²) in [7, 11) is 0. The minimum Gasteiger partial charge on any atom is -0.395 e. The fourth-order valence-electron chi connectivity index (χ4n) is 1.76. The van der Waals surface area contributed by atoms with Crippen LogP contribution in [0.1, 0.15) is 5.56 Å². The van der Waals surface area contributed by atoms with E-state index >= 15 is 0 Å². The van der Waals surface area contributed by atoms with Gasteiger partial charge in [0.1, 0.15) is 5.82 Å². The van der Waals surface area contributed by atoms with Crippen molar-refractivity contribution in [1.82, 2.24) is 9.88 Å². The zero-order chi connectivity index (χ0) is 12.3. The van der Waals surface area contributed by atoms with E-state index in [2.05, 4.69) is 4.98 Å². The molecule has 0 aliphatic carbocycles. The summed E-state index contributed by atoms with van der Waals surface area (Å²) in [6.07, 6.45) is 1.51. The van der Waals surface area contributed by atoms with E-state index in [9.17, 15) is 4.79 Å². The molecule has 0 bridgehead atoms. The molecule has 6 heteroatoms. The molecule has 1 aliphatic rings. The van der Waals surface area contributed by atoms with Crippen LogP contribution in [0, 0.1) is 11.3 Å². The first-order chi connectivity index (χ1) is 8.26. The first kappa shape index (κ1) is 11.4. The van der Waals surface area contributed by atoms with E-state index in [1.807, 2.05) is 6.07 Å². The molecule has 2 heterocycles. The van der Waals surface area contributed by atoms with Crippen LogP contribution in [0.15, 0.2) is 18.3 Å². The van der Waals surface area contributed by atoms with Crippen molar-refractivity contribution in [2.75, 3.05) is 31.1 Å². The van der Waals surface area contributed by atoms with Crippen molar-refractivity contribution in [2.45, 2.75) is 0 Å². The maximum atomic E-state index is 11.9. The average Bonchev–Trinajstić information content (AvgIpc) is 2.72. The van der Waals surface area contributed by atoms with E-state index in [0.717, 1.165) is 0 Å². The lowest BCUT2D eigenvalue weighted by atomic mass is 10.3. The Bertz CT molecular complexity index is 469. The van der Waals surface area contributed by atoms with Crippen molar-refractivity contribution in [2.24, 2.45) is 0 Å². The standard InChI is InChI=1S/C11H12N4O2/c12-8-9-1-2-13-10(7-9)15-4-3-14(5-6-16)11(15)17/h1-2,7,16H,3-6H2. The third-order valence-electron chi connectivity index (χ3n) is 2.62. The van der Waals surface area contributed by atoms with E-state index in [1.54, 1.807) is 17.0 Å². The second-order valence-corrected chi connectivity index (χ2v) is 3.66. The molecule has 0 radical (unpaired) electrons. The Morgan fingerprint density at radius 1 is 1.53 bits per heavy atom. The molecule has 1 aromatic heterocycles. The highest BCUT2D eigenvalue weighted by Crippen LogP contribution is 2.18. The molecule has 0 atom stereocenters. The Hall–Kier alpha value is -2.13. The summed E-state index contributed by atoms with van der Waals surface area (Å²) >= 11 is 0. The van der Waals surface area contributed by atoms with E-state index in [4.69, 9.17) is 10.4 Å². The van der Waals surface area contributed by atoms with Gasteiger partial charge in [0.25, 0.3) is 0 Å². The number of rotatable bonds is 3. The maximum absolute atomic E-state index is 11.9. The number of aliphatic hydroxyl groups excluding tert-OH is 1. The molecule has 1 aliphatic heterocycles. The Morgan fingerprint density at radius 3 is 3.06 bits per heavy atom. The zero-order valence-corrected chi connectivity index (χ0v) is 9.20. The number of carbonyl (C=O) groups excluding carboxylic acids is 1. The molecule has 1 N–H and O–H groups in total. The lowest BCUT2D eigenvalue weighted by Crippen LogP contribution is -2.33. The predicted octanol–water partition coefficient (Wildman–Crippen LogP) is 0.188. The van der Waals surface area contributed by atoms with Gasteiger partial charge in [-0.2, -0.15) is 5.26 Å². The van der Waals surface area contributed by atoms with E-state index in [1.165, 1.54) is 11.1 Å². The third-order valence-corrected chi connectivity index (χ3v) is 2.62. The van der Waals surface area contributed by atoms with Gasteiger partial charge in [-0.25, -0.2) is 9.78 Å². The van der Waals surface area contributed by atoms with Gasteiger partial charge >= 0.3 is 6.03 Å². The summed E-state index contributed by atoms with van der Waals surface area (Å²) in [5, 5.41) is 17.6. The number of pyridine rings is 1. The van der Waals surface area contributed by atoms with Gasteiger partial charge in [0.05, 0.1) is 18.2 Å². The summed E-state index contributed by atoms with van der Waals surface area (Å²) in [5.74, 6) is 0.481. The van der Waals surface area contributed by atoms with Gasteiger partial charge in [0.15, 0.2) is 0 Å². The average molecular weight is 232 g/mol. The molecule has 88 valence electrons. The van der Waals surface area contributed by atoms with Crippen molar-refractivity contribution in [3.63, 3.8) is 0 Å². The molecular weight excluding hydrogens is 220 g/mol. The van der Waals surface area contributed by atoms with Gasteiger partial charge in [0, 0.05) is 25.8 Å². The number of nitriles is 1. The molecule has 1 fully saturated rings. The fourth-order valence-corrected chi connectivity index (χ4v) is 1.76. The first-order valence-electron chi connectivity index (χ1n) is 5.29. The molecular formula is C11H12N4O2. The van der Waals surface area contributed by atoms with Crippen LogP contribution in [0.5, 0.6) is 0 Å². The number of nitrogens with zero attached hydrogens (tertiary/aromatic N) is 4. The van der Waals surface area contributed by atoms with Gasteiger partial charge in [-0.3, -0.25) is 4.90 Å². The second kappa shape index (κ2) is 4.80. The largest absolute Gasteiger partial charge is 0.395 e. The quantitative estimate of drug-likeness (QED) is 0.806. The van der Waals surface area contributed by atoms with Crippen molar-refractivity contribution in [1.29, 1.82) is 5.26 Å². The number of hydrogen-bond donors (Lipinski definition) is 1. The third kappa shape index (κ3) is 2.19. The van der Waals surface area contributed by atoms with Crippen LogP contribution in [-0.4, -0.2) is 47.3 Å². The molecule has 0 aromatic carbocycles. The van der Waals surface area contributed by atoms with Gasteiger partial charge in [0.2, 0.25) is 0 Å². The van der Waals surface area contributed by atoms with E-state index in [0.29, 0.717) is 31.0 Å². The minimum atomic E-state index is -0.179. The first-order valence-corrected chi connectivity index (χ1v) is 5.29. The number of carbonyl (C=O) groups is 1. The van der Waals surface area contributed by atoms with Crippen LogP contribution in [0.4, 0.5) is 10.6 Å². The highest BCUT2D eigenvalue weighted by molar-refractivity contribution is 5.93. The van der Waals surface area contributed by atoms with Crippen LogP contribution < -0.4 is 4.90 Å². The molecule has 0 unspecified atom stereocenters. The lowest BCUT2D eigenvalue weighted by Gasteiger charge is -2.16. The Balaban J connectivity index is 2.19. The maximum Gasteiger partial charge on any atom is 0.325 e. The number of amides is 2. The molecule has 2 amide bonds. The number of aromatic nitrogens is 1. The highest BCUT2D eigenvalue weighted by Gasteiger charge is 2.29. The molecule has 17 heavy (non-hydrogen) atoms. The van der Waals surface area contributed by atoms with Crippen LogP contribution >= 0.6 is 0 Å². The summed E-state index contributed by atoms with van der Waals surface area (Å²) in [4.78, 5) is 19.1. The lowest BCUT2D eigenvalue weighted by molar-refractivity contribution is 0.199. The SMILES string of the molecule is N#Cc1ccnc(N2CCN(CCO)C2=O)c1. The molecule has 6 nitrogen and oxygen atoms in total. The van der Waals surface area contributed by atoms with Crippen LogP contribution in [-0.2, 0) is 0 Å². The number of aliphatic hydroxyl groups is 1. The van der Waals surface area contributed by atoms with Crippen molar-refractivity contribution < 1.29 is 9.90 Å². The van der Waals surface area contributed by atoms with Crippen LogP contribution in [0.2, 0.25) is 0 Å².